The Hall–Kier alpha value is -4.64. The Morgan fingerprint density at radius 1 is 0.806 bits per heavy atom. The predicted molar refractivity (Wildman–Crippen MR) is 133 cm³/mol. The van der Waals surface area contributed by atoms with Crippen molar-refractivity contribution in [3.63, 3.8) is 0 Å². The molecule has 0 spiro atoms. The van der Waals surface area contributed by atoms with Crippen LogP contribution < -0.4 is 10.6 Å². The number of carbonyl (C=O) groups is 3. The van der Waals surface area contributed by atoms with Crippen LogP contribution in [-0.4, -0.2) is 37.2 Å². The predicted octanol–water partition coefficient (Wildman–Crippen LogP) is 3.30. The first-order chi connectivity index (χ1) is 17.5. The zero-order chi connectivity index (χ0) is 25.8. The summed E-state index contributed by atoms with van der Waals surface area (Å²) in [6, 6.07) is 25.1. The Kier molecular flexibility index (Phi) is 9.60. The minimum absolute atomic E-state index is 0.0437. The van der Waals surface area contributed by atoms with Gasteiger partial charge in [-0.1, -0.05) is 78.9 Å². The van der Waals surface area contributed by atoms with E-state index < -0.39 is 30.1 Å². The molecular formula is C28H27N3O5. The fourth-order valence-corrected chi connectivity index (χ4v) is 3.60. The molecule has 2 atom stereocenters. The number of nitriles is 1. The average molecular weight is 486 g/mol. The molecule has 0 fully saturated rings. The number of nitrogens with one attached hydrogen (secondary N) is 2. The van der Waals surface area contributed by atoms with E-state index in [1.807, 2.05) is 60.7 Å². The number of hydrogen-bond donors (Lipinski definition) is 2. The van der Waals surface area contributed by atoms with Gasteiger partial charge < -0.3 is 20.1 Å². The number of rotatable bonds is 10. The Balaban J connectivity index is 1.74. The van der Waals surface area contributed by atoms with E-state index in [0.29, 0.717) is 11.1 Å². The molecule has 2 N–H and O–H groups in total. The lowest BCUT2D eigenvalue weighted by atomic mass is 10.00. The second-order valence-corrected chi connectivity index (χ2v) is 8.01. The Morgan fingerprint density at radius 2 is 1.42 bits per heavy atom. The SMILES string of the molecule is COC(=O)[C@H](Cc1ccccc1C#N)NC(=O)[C@H](Cc1ccccc1)NC(=O)OCc1ccccc1. The Bertz CT molecular complexity index is 1210. The van der Waals surface area contributed by atoms with Crippen molar-refractivity contribution in [1.29, 1.82) is 5.26 Å². The summed E-state index contributed by atoms with van der Waals surface area (Å²) in [5, 5.41) is 14.7. The van der Waals surface area contributed by atoms with Crippen LogP contribution in [0.5, 0.6) is 0 Å². The number of esters is 1. The van der Waals surface area contributed by atoms with Crippen molar-refractivity contribution in [3.05, 3.63) is 107 Å². The third-order valence-electron chi connectivity index (χ3n) is 5.47. The van der Waals surface area contributed by atoms with Gasteiger partial charge in [-0.25, -0.2) is 9.59 Å². The number of carbonyl (C=O) groups excluding carboxylic acids is 3. The first-order valence-corrected chi connectivity index (χ1v) is 11.4. The molecule has 3 aromatic rings. The number of benzene rings is 3. The zero-order valence-electron chi connectivity index (χ0n) is 19.8. The van der Waals surface area contributed by atoms with Gasteiger partial charge in [0.05, 0.1) is 18.7 Å². The smallest absolute Gasteiger partial charge is 0.408 e. The molecular weight excluding hydrogens is 458 g/mol. The highest BCUT2D eigenvalue weighted by molar-refractivity contribution is 5.90. The van der Waals surface area contributed by atoms with Gasteiger partial charge in [0.25, 0.3) is 0 Å². The molecule has 0 aliphatic carbocycles. The molecule has 0 saturated carbocycles. The molecule has 2 amide bonds. The van der Waals surface area contributed by atoms with Gasteiger partial charge in [0.1, 0.15) is 18.7 Å². The van der Waals surface area contributed by atoms with Gasteiger partial charge in [-0.3, -0.25) is 4.79 Å². The fourth-order valence-electron chi connectivity index (χ4n) is 3.60. The molecule has 8 heteroatoms. The summed E-state index contributed by atoms with van der Waals surface area (Å²) in [6.07, 6.45) is -0.534. The molecule has 0 radical (unpaired) electrons. The van der Waals surface area contributed by atoms with Crippen LogP contribution in [0.2, 0.25) is 0 Å². The van der Waals surface area contributed by atoms with Crippen molar-refractivity contribution < 1.29 is 23.9 Å². The molecule has 36 heavy (non-hydrogen) atoms. The number of methoxy groups -OCH3 is 1. The summed E-state index contributed by atoms with van der Waals surface area (Å²) >= 11 is 0. The highest BCUT2D eigenvalue weighted by Gasteiger charge is 2.28. The maximum absolute atomic E-state index is 13.3. The van der Waals surface area contributed by atoms with Crippen LogP contribution in [0.25, 0.3) is 0 Å². The van der Waals surface area contributed by atoms with Crippen molar-refractivity contribution in [2.75, 3.05) is 7.11 Å². The second-order valence-electron chi connectivity index (χ2n) is 8.01. The quantitative estimate of drug-likeness (QED) is 0.426. The molecule has 3 aromatic carbocycles. The van der Waals surface area contributed by atoms with E-state index in [1.54, 1.807) is 24.3 Å². The second kappa shape index (κ2) is 13.3. The van der Waals surface area contributed by atoms with Crippen LogP contribution in [0.3, 0.4) is 0 Å². The first-order valence-electron chi connectivity index (χ1n) is 11.4. The number of alkyl carbamates (subject to hydrolysis) is 1. The van der Waals surface area contributed by atoms with Crippen LogP contribution in [0.15, 0.2) is 84.9 Å². The van der Waals surface area contributed by atoms with Crippen molar-refractivity contribution >= 4 is 18.0 Å². The minimum Gasteiger partial charge on any atom is -0.467 e. The van der Waals surface area contributed by atoms with Gasteiger partial charge in [-0.05, 0) is 22.8 Å². The lowest BCUT2D eigenvalue weighted by Gasteiger charge is -2.22. The maximum atomic E-state index is 13.3. The highest BCUT2D eigenvalue weighted by Crippen LogP contribution is 2.12. The standard InChI is InChI=1S/C28H27N3O5/c1-35-27(33)25(17-22-14-8-9-15-23(22)18-29)30-26(32)24(16-20-10-4-2-5-11-20)31-28(34)36-19-21-12-6-3-7-13-21/h2-15,24-25H,16-17,19H2,1H3,(H,30,32)(H,31,34)/t24-,25-/m0/s1. The summed E-state index contributed by atoms with van der Waals surface area (Å²) in [4.78, 5) is 38.3. The van der Waals surface area contributed by atoms with Crippen molar-refractivity contribution in [1.82, 2.24) is 10.6 Å². The van der Waals surface area contributed by atoms with Crippen molar-refractivity contribution in [2.24, 2.45) is 0 Å². The van der Waals surface area contributed by atoms with Gasteiger partial charge in [0.15, 0.2) is 0 Å². The molecule has 184 valence electrons. The van der Waals surface area contributed by atoms with Gasteiger partial charge >= 0.3 is 12.1 Å². The van der Waals surface area contributed by atoms with Crippen molar-refractivity contribution in [2.45, 2.75) is 31.5 Å². The minimum atomic E-state index is -1.06. The summed E-state index contributed by atoms with van der Waals surface area (Å²) in [6.45, 7) is 0.0437. The van der Waals surface area contributed by atoms with Crippen LogP contribution in [-0.2, 0) is 38.5 Å². The molecule has 0 saturated heterocycles. The van der Waals surface area contributed by atoms with E-state index in [4.69, 9.17) is 9.47 Å². The van der Waals surface area contributed by atoms with Crippen LogP contribution in [0.4, 0.5) is 4.79 Å². The number of hydrogen-bond acceptors (Lipinski definition) is 6. The number of amides is 2. The topological polar surface area (TPSA) is 118 Å². The normalized spacial score (nSPS) is 11.9. The van der Waals surface area contributed by atoms with Gasteiger partial charge in [-0.2, -0.15) is 5.26 Å². The Morgan fingerprint density at radius 3 is 2.06 bits per heavy atom. The third kappa shape index (κ3) is 7.71. The van der Waals surface area contributed by atoms with Gasteiger partial charge in [-0.15, -0.1) is 0 Å². The highest BCUT2D eigenvalue weighted by atomic mass is 16.5. The average Bonchev–Trinajstić information content (AvgIpc) is 2.92. The monoisotopic (exact) mass is 485 g/mol. The molecule has 0 aromatic heterocycles. The zero-order valence-corrected chi connectivity index (χ0v) is 19.8. The van der Waals surface area contributed by atoms with E-state index in [-0.39, 0.29) is 19.4 Å². The molecule has 0 unspecified atom stereocenters. The Labute approximate surface area is 209 Å². The first kappa shape index (κ1) is 26.0. The number of ether oxygens (including phenoxy) is 2. The lowest BCUT2D eigenvalue weighted by molar-refractivity contribution is -0.145. The number of nitrogens with zero attached hydrogens (tertiary/aromatic N) is 1. The summed E-state index contributed by atoms with van der Waals surface area (Å²) in [7, 11) is 1.22. The van der Waals surface area contributed by atoms with Crippen LogP contribution in [0, 0.1) is 11.3 Å². The molecule has 8 nitrogen and oxygen atoms in total. The van der Waals surface area contributed by atoms with Crippen LogP contribution in [0.1, 0.15) is 22.3 Å². The van der Waals surface area contributed by atoms with E-state index in [1.165, 1.54) is 7.11 Å². The van der Waals surface area contributed by atoms with E-state index >= 15 is 0 Å². The van der Waals surface area contributed by atoms with E-state index in [2.05, 4.69) is 16.7 Å². The lowest BCUT2D eigenvalue weighted by Crippen LogP contribution is -2.53. The van der Waals surface area contributed by atoms with Crippen LogP contribution >= 0.6 is 0 Å². The summed E-state index contributed by atoms with van der Waals surface area (Å²) < 4.78 is 10.2. The van der Waals surface area contributed by atoms with Gasteiger partial charge in [0, 0.05) is 12.8 Å². The molecule has 3 rings (SSSR count). The fraction of sp³-hybridized carbons (Fsp3) is 0.214. The molecule has 0 bridgehead atoms. The largest absolute Gasteiger partial charge is 0.467 e. The molecule has 0 aliphatic heterocycles. The molecule has 0 heterocycles. The van der Waals surface area contributed by atoms with E-state index in [0.717, 1.165) is 11.1 Å². The van der Waals surface area contributed by atoms with E-state index in [9.17, 15) is 19.6 Å². The summed E-state index contributed by atoms with van der Waals surface area (Å²) in [5.74, 6) is -1.25. The van der Waals surface area contributed by atoms with Crippen molar-refractivity contribution in [3.8, 4) is 6.07 Å². The third-order valence-corrected chi connectivity index (χ3v) is 5.47. The maximum Gasteiger partial charge on any atom is 0.408 e. The summed E-state index contributed by atoms with van der Waals surface area (Å²) in [5.41, 5.74) is 2.60. The van der Waals surface area contributed by atoms with Gasteiger partial charge in [0.2, 0.25) is 5.91 Å². The molecule has 0 aliphatic rings.